The van der Waals surface area contributed by atoms with Gasteiger partial charge in [-0.25, -0.2) is 4.98 Å². The van der Waals surface area contributed by atoms with Crippen LogP contribution in [0.4, 0.5) is 8.78 Å². The van der Waals surface area contributed by atoms with Gasteiger partial charge in [-0.15, -0.1) is 11.6 Å². The lowest BCUT2D eigenvalue weighted by molar-refractivity contribution is -0.0504. The standard InChI is InChI=1S/C19H17ClF2N2O/c1-13-6-8-14(9-7-13)18-23-11-16(10-20)24(18)12-15-4-2-3-5-17(15)25-19(21)22/h2-9,11,19H,10,12H2,1H3. The van der Waals surface area contributed by atoms with Crippen LogP contribution in [0.5, 0.6) is 5.75 Å². The monoisotopic (exact) mass is 362 g/mol. The largest absolute Gasteiger partial charge is 0.434 e. The molecule has 6 heteroatoms. The third-order valence-electron chi connectivity index (χ3n) is 3.90. The Kier molecular flexibility index (Phi) is 5.34. The van der Waals surface area contributed by atoms with Gasteiger partial charge in [-0.05, 0) is 13.0 Å². The van der Waals surface area contributed by atoms with Gasteiger partial charge in [0.25, 0.3) is 0 Å². The molecule has 3 nitrogen and oxygen atoms in total. The number of nitrogens with zero attached hydrogens (tertiary/aromatic N) is 2. The van der Waals surface area contributed by atoms with Gasteiger partial charge < -0.3 is 9.30 Å². The van der Waals surface area contributed by atoms with Gasteiger partial charge in [-0.1, -0.05) is 48.0 Å². The van der Waals surface area contributed by atoms with Crippen LogP contribution in [0.2, 0.25) is 0 Å². The minimum absolute atomic E-state index is 0.154. The molecule has 3 rings (SSSR count). The Morgan fingerprint density at radius 2 is 1.84 bits per heavy atom. The molecule has 0 aliphatic heterocycles. The predicted molar refractivity (Wildman–Crippen MR) is 94.1 cm³/mol. The van der Waals surface area contributed by atoms with Crippen LogP contribution in [-0.2, 0) is 12.4 Å². The second-order valence-electron chi connectivity index (χ2n) is 5.65. The van der Waals surface area contributed by atoms with E-state index in [-0.39, 0.29) is 11.6 Å². The van der Waals surface area contributed by atoms with Crippen LogP contribution in [0.1, 0.15) is 16.8 Å². The van der Waals surface area contributed by atoms with E-state index in [2.05, 4.69) is 9.72 Å². The number of ether oxygens (including phenoxy) is 1. The molecule has 0 spiro atoms. The summed E-state index contributed by atoms with van der Waals surface area (Å²) in [5, 5.41) is 0. The van der Waals surface area contributed by atoms with Crippen molar-refractivity contribution in [2.24, 2.45) is 0 Å². The Bertz CT molecular complexity index is 847. The van der Waals surface area contributed by atoms with Crippen LogP contribution in [-0.4, -0.2) is 16.2 Å². The average molecular weight is 363 g/mol. The second-order valence-corrected chi connectivity index (χ2v) is 5.91. The van der Waals surface area contributed by atoms with E-state index in [1.165, 1.54) is 6.07 Å². The zero-order chi connectivity index (χ0) is 17.8. The number of alkyl halides is 3. The first kappa shape index (κ1) is 17.4. The molecule has 0 fully saturated rings. The van der Waals surface area contributed by atoms with E-state index in [1.54, 1.807) is 24.4 Å². The van der Waals surface area contributed by atoms with Crippen LogP contribution in [0.15, 0.2) is 54.7 Å². The van der Waals surface area contributed by atoms with E-state index in [9.17, 15) is 8.78 Å². The summed E-state index contributed by atoms with van der Waals surface area (Å²) in [6, 6.07) is 14.7. The molecule has 0 aliphatic carbocycles. The van der Waals surface area contributed by atoms with Gasteiger partial charge in [0.2, 0.25) is 0 Å². The molecule has 25 heavy (non-hydrogen) atoms. The molecule has 0 atom stereocenters. The van der Waals surface area contributed by atoms with E-state index >= 15 is 0 Å². The van der Waals surface area contributed by atoms with Crippen molar-refractivity contribution in [3.63, 3.8) is 0 Å². The molecule has 3 aromatic rings. The van der Waals surface area contributed by atoms with E-state index in [0.717, 1.165) is 22.6 Å². The summed E-state index contributed by atoms with van der Waals surface area (Å²) in [5.74, 6) is 1.17. The molecule has 0 aliphatic rings. The fraction of sp³-hybridized carbons (Fsp3) is 0.211. The van der Waals surface area contributed by atoms with Gasteiger partial charge in [0.1, 0.15) is 11.6 Å². The van der Waals surface area contributed by atoms with Crippen molar-refractivity contribution in [3.8, 4) is 17.1 Å². The molecule has 0 saturated heterocycles. The van der Waals surface area contributed by atoms with Gasteiger partial charge in [-0.3, -0.25) is 0 Å². The maximum atomic E-state index is 12.6. The summed E-state index contributed by atoms with van der Waals surface area (Å²) in [6.07, 6.45) is 1.71. The number of aromatic nitrogens is 2. The normalized spacial score (nSPS) is 11.1. The van der Waals surface area contributed by atoms with Crippen LogP contribution in [0.3, 0.4) is 0 Å². The minimum atomic E-state index is -2.87. The number of halogens is 3. The Labute approximate surface area is 149 Å². The average Bonchev–Trinajstić information content (AvgIpc) is 2.99. The molecular weight excluding hydrogens is 346 g/mol. The summed E-state index contributed by atoms with van der Waals surface area (Å²) in [5.41, 5.74) is 3.54. The van der Waals surface area contributed by atoms with E-state index in [1.807, 2.05) is 35.8 Å². The quantitative estimate of drug-likeness (QED) is 0.560. The highest BCUT2D eigenvalue weighted by Crippen LogP contribution is 2.26. The molecule has 0 unspecified atom stereocenters. The van der Waals surface area contributed by atoms with Gasteiger partial charge in [0.05, 0.1) is 24.3 Å². The van der Waals surface area contributed by atoms with Crippen LogP contribution in [0.25, 0.3) is 11.4 Å². The summed E-state index contributed by atoms with van der Waals surface area (Å²) in [6.45, 7) is -0.514. The van der Waals surface area contributed by atoms with Gasteiger partial charge in [0, 0.05) is 11.1 Å². The van der Waals surface area contributed by atoms with Crippen molar-refractivity contribution >= 4 is 11.6 Å². The lowest BCUT2D eigenvalue weighted by Gasteiger charge is -2.15. The Hall–Kier alpha value is -2.40. The van der Waals surface area contributed by atoms with Crippen LogP contribution in [0, 0.1) is 6.92 Å². The molecule has 1 heterocycles. The Morgan fingerprint density at radius 1 is 1.12 bits per heavy atom. The van der Waals surface area contributed by atoms with Crippen LogP contribution < -0.4 is 4.74 Å². The highest BCUT2D eigenvalue weighted by Gasteiger charge is 2.15. The highest BCUT2D eigenvalue weighted by atomic mass is 35.5. The number of benzene rings is 2. The zero-order valence-electron chi connectivity index (χ0n) is 13.6. The molecule has 0 bridgehead atoms. The third-order valence-corrected chi connectivity index (χ3v) is 4.18. The van der Waals surface area contributed by atoms with E-state index in [0.29, 0.717) is 12.1 Å². The molecule has 0 amide bonds. The number of aryl methyl sites for hydroxylation is 1. The molecule has 0 N–H and O–H groups in total. The molecule has 0 radical (unpaired) electrons. The fourth-order valence-electron chi connectivity index (χ4n) is 2.64. The van der Waals surface area contributed by atoms with Crippen LogP contribution >= 0.6 is 11.6 Å². The minimum Gasteiger partial charge on any atom is -0.434 e. The van der Waals surface area contributed by atoms with Gasteiger partial charge in [0.15, 0.2) is 0 Å². The fourth-order valence-corrected chi connectivity index (χ4v) is 2.86. The van der Waals surface area contributed by atoms with Gasteiger partial charge >= 0.3 is 6.61 Å². The lowest BCUT2D eigenvalue weighted by Crippen LogP contribution is -2.09. The zero-order valence-corrected chi connectivity index (χ0v) is 14.4. The van der Waals surface area contributed by atoms with Crippen molar-refractivity contribution in [2.75, 3.05) is 0 Å². The molecule has 0 saturated carbocycles. The number of hydrogen-bond acceptors (Lipinski definition) is 2. The molecule has 130 valence electrons. The Balaban J connectivity index is 2.00. The first-order valence-corrected chi connectivity index (χ1v) is 8.32. The molecule has 2 aromatic carbocycles. The number of imidazole rings is 1. The SMILES string of the molecule is Cc1ccc(-c2ncc(CCl)n2Cc2ccccc2OC(F)F)cc1. The van der Waals surface area contributed by atoms with E-state index < -0.39 is 6.61 Å². The van der Waals surface area contributed by atoms with Crippen molar-refractivity contribution < 1.29 is 13.5 Å². The number of rotatable bonds is 6. The summed E-state index contributed by atoms with van der Waals surface area (Å²) in [7, 11) is 0. The van der Waals surface area contributed by atoms with Crippen molar-refractivity contribution in [2.45, 2.75) is 26.0 Å². The molecule has 1 aromatic heterocycles. The highest BCUT2D eigenvalue weighted by molar-refractivity contribution is 6.16. The summed E-state index contributed by atoms with van der Waals surface area (Å²) < 4.78 is 31.8. The van der Waals surface area contributed by atoms with Crippen molar-refractivity contribution in [1.29, 1.82) is 0 Å². The van der Waals surface area contributed by atoms with Crippen molar-refractivity contribution in [1.82, 2.24) is 9.55 Å². The number of hydrogen-bond donors (Lipinski definition) is 0. The second kappa shape index (κ2) is 7.66. The third kappa shape index (κ3) is 3.99. The van der Waals surface area contributed by atoms with Gasteiger partial charge in [-0.2, -0.15) is 8.78 Å². The molecular formula is C19H17ClF2N2O. The summed E-state index contributed by atoms with van der Waals surface area (Å²) in [4.78, 5) is 4.46. The smallest absolute Gasteiger partial charge is 0.387 e. The maximum absolute atomic E-state index is 12.6. The topological polar surface area (TPSA) is 27.1 Å². The first-order chi connectivity index (χ1) is 12.1. The lowest BCUT2D eigenvalue weighted by atomic mass is 10.1. The first-order valence-electron chi connectivity index (χ1n) is 7.78. The maximum Gasteiger partial charge on any atom is 0.387 e. The van der Waals surface area contributed by atoms with E-state index in [4.69, 9.17) is 11.6 Å². The summed E-state index contributed by atoms with van der Waals surface area (Å²) >= 11 is 6.04. The number of para-hydroxylation sites is 1. The Morgan fingerprint density at radius 3 is 2.52 bits per heavy atom. The van der Waals surface area contributed by atoms with Crippen molar-refractivity contribution in [3.05, 3.63) is 71.5 Å². The predicted octanol–water partition coefficient (Wildman–Crippen LogP) is 5.25.